The summed E-state index contributed by atoms with van der Waals surface area (Å²) in [4.78, 5) is 28.0. The number of nitrogens with one attached hydrogen (secondary N) is 2. The molecular weight excluding hydrogens is 395 g/mol. The van der Waals surface area contributed by atoms with Gasteiger partial charge in [0.2, 0.25) is 5.91 Å². The van der Waals surface area contributed by atoms with Gasteiger partial charge in [0.05, 0.1) is 11.3 Å². The molecule has 0 saturated heterocycles. The fourth-order valence-corrected chi connectivity index (χ4v) is 3.16. The molecule has 3 rings (SSSR count). The number of nitrogens with zero attached hydrogens (tertiary/aromatic N) is 4. The number of pyridine rings is 1. The van der Waals surface area contributed by atoms with E-state index in [-0.39, 0.29) is 11.3 Å². The molecule has 0 atom stereocenters. The van der Waals surface area contributed by atoms with Crippen molar-refractivity contribution in [2.45, 2.75) is 11.7 Å². The number of hydrogen-bond donors (Lipinski definition) is 2. The lowest BCUT2D eigenvalue weighted by Crippen LogP contribution is -2.42. The van der Waals surface area contributed by atoms with E-state index in [2.05, 4.69) is 32.6 Å². The van der Waals surface area contributed by atoms with Crippen molar-refractivity contribution in [1.82, 2.24) is 30.6 Å². The summed E-state index contributed by atoms with van der Waals surface area (Å²) in [6.07, 6.45) is 5.01. The lowest BCUT2D eigenvalue weighted by atomic mass is 10.2. The first kappa shape index (κ1) is 20.2. The van der Waals surface area contributed by atoms with Crippen molar-refractivity contribution < 1.29 is 14.0 Å². The van der Waals surface area contributed by atoms with Crippen LogP contribution < -0.4 is 10.9 Å². The first-order chi connectivity index (χ1) is 14.1. The molecule has 0 saturated carbocycles. The van der Waals surface area contributed by atoms with Crippen molar-refractivity contribution in [2.24, 2.45) is 0 Å². The number of carbonyl (C=O) groups excluding carboxylic acids is 2. The summed E-state index contributed by atoms with van der Waals surface area (Å²) >= 11 is 1.15. The Morgan fingerprint density at radius 2 is 1.90 bits per heavy atom. The van der Waals surface area contributed by atoms with Gasteiger partial charge in [0, 0.05) is 24.5 Å². The Balaban J connectivity index is 1.60. The van der Waals surface area contributed by atoms with Gasteiger partial charge in [-0.15, -0.1) is 16.8 Å². The fraction of sp³-hybridized carbons (Fsp3) is 0.105. The van der Waals surface area contributed by atoms with Crippen molar-refractivity contribution in [3.05, 3.63) is 72.8 Å². The highest BCUT2D eigenvalue weighted by molar-refractivity contribution is 7.99. The second kappa shape index (κ2) is 9.60. The fourth-order valence-electron chi connectivity index (χ4n) is 2.41. The monoisotopic (exact) mass is 412 g/mol. The molecule has 0 fully saturated rings. The summed E-state index contributed by atoms with van der Waals surface area (Å²) < 4.78 is 15.4. The van der Waals surface area contributed by atoms with Crippen LogP contribution in [0, 0.1) is 5.82 Å². The van der Waals surface area contributed by atoms with Gasteiger partial charge in [-0.3, -0.25) is 30.0 Å². The van der Waals surface area contributed by atoms with Gasteiger partial charge in [-0.2, -0.15) is 0 Å². The van der Waals surface area contributed by atoms with Gasteiger partial charge in [0.1, 0.15) is 5.82 Å². The summed E-state index contributed by atoms with van der Waals surface area (Å²) in [6.45, 7) is 4.19. The Labute approximate surface area is 170 Å². The Morgan fingerprint density at radius 1 is 1.14 bits per heavy atom. The number of carbonyl (C=O) groups is 2. The van der Waals surface area contributed by atoms with Crippen molar-refractivity contribution in [1.29, 1.82) is 0 Å². The lowest BCUT2D eigenvalue weighted by Gasteiger charge is -2.09. The molecule has 0 aliphatic heterocycles. The number of benzene rings is 1. The van der Waals surface area contributed by atoms with Gasteiger partial charge in [0.15, 0.2) is 11.0 Å². The number of aromatic nitrogens is 4. The maximum atomic E-state index is 13.6. The second-order valence-corrected chi connectivity index (χ2v) is 6.65. The van der Waals surface area contributed by atoms with Crippen LogP contribution in [0.2, 0.25) is 0 Å². The molecule has 2 aromatic heterocycles. The van der Waals surface area contributed by atoms with Crippen LogP contribution >= 0.6 is 11.8 Å². The van der Waals surface area contributed by atoms with Gasteiger partial charge in [-0.05, 0) is 24.3 Å². The topological polar surface area (TPSA) is 102 Å². The van der Waals surface area contributed by atoms with E-state index in [1.54, 1.807) is 18.5 Å². The zero-order valence-electron chi connectivity index (χ0n) is 15.2. The molecule has 1 aromatic carbocycles. The third-order valence-corrected chi connectivity index (χ3v) is 4.70. The Bertz CT molecular complexity index is 1020. The highest BCUT2D eigenvalue weighted by atomic mass is 32.2. The third-order valence-electron chi connectivity index (χ3n) is 3.73. The lowest BCUT2D eigenvalue weighted by molar-refractivity contribution is -0.119. The Kier molecular flexibility index (Phi) is 6.69. The van der Waals surface area contributed by atoms with Crippen LogP contribution in [0.1, 0.15) is 10.4 Å². The average Bonchev–Trinajstić information content (AvgIpc) is 3.14. The minimum Gasteiger partial charge on any atom is -0.298 e. The summed E-state index contributed by atoms with van der Waals surface area (Å²) in [5.41, 5.74) is 5.12. The molecule has 0 bridgehead atoms. The van der Waals surface area contributed by atoms with Gasteiger partial charge >= 0.3 is 0 Å². The predicted molar refractivity (Wildman–Crippen MR) is 106 cm³/mol. The molecule has 0 aliphatic rings. The van der Waals surface area contributed by atoms with E-state index in [9.17, 15) is 14.0 Å². The zero-order chi connectivity index (χ0) is 20.6. The minimum absolute atomic E-state index is 0.0246. The van der Waals surface area contributed by atoms with Crippen LogP contribution in [0.4, 0.5) is 4.39 Å². The summed E-state index contributed by atoms with van der Waals surface area (Å²) in [5, 5.41) is 8.83. The molecule has 0 spiro atoms. The van der Waals surface area contributed by atoms with Gasteiger partial charge in [0.25, 0.3) is 5.91 Å². The SMILES string of the molecule is C=CCn1c(SCC(=O)NNC(=O)c2ccccc2F)nnc1-c1ccncc1. The van der Waals surface area contributed by atoms with Crippen molar-refractivity contribution in [3.8, 4) is 11.4 Å². The van der Waals surface area contributed by atoms with E-state index < -0.39 is 17.6 Å². The largest absolute Gasteiger partial charge is 0.298 e. The smallest absolute Gasteiger partial charge is 0.272 e. The van der Waals surface area contributed by atoms with Gasteiger partial charge < -0.3 is 0 Å². The summed E-state index contributed by atoms with van der Waals surface area (Å²) in [6, 6.07) is 9.11. The number of amides is 2. The predicted octanol–water partition coefficient (Wildman–Crippen LogP) is 2.22. The molecule has 0 radical (unpaired) electrons. The van der Waals surface area contributed by atoms with Crippen molar-refractivity contribution in [2.75, 3.05) is 5.75 Å². The number of halogens is 1. The number of allylic oxidation sites excluding steroid dienone is 1. The van der Waals surface area contributed by atoms with E-state index in [4.69, 9.17) is 0 Å². The molecule has 2 heterocycles. The van der Waals surface area contributed by atoms with Crippen molar-refractivity contribution >= 4 is 23.6 Å². The van der Waals surface area contributed by atoms with E-state index in [1.807, 2.05) is 16.7 Å². The Morgan fingerprint density at radius 3 is 2.62 bits per heavy atom. The summed E-state index contributed by atoms with van der Waals surface area (Å²) in [5.74, 6) is -1.28. The number of hydrogen-bond acceptors (Lipinski definition) is 6. The molecule has 0 aliphatic carbocycles. The van der Waals surface area contributed by atoms with Crippen molar-refractivity contribution in [3.63, 3.8) is 0 Å². The number of rotatable bonds is 7. The molecule has 3 aromatic rings. The van der Waals surface area contributed by atoms with E-state index in [0.29, 0.717) is 17.5 Å². The molecule has 2 N–H and O–H groups in total. The quantitative estimate of drug-likeness (QED) is 0.351. The van der Waals surface area contributed by atoms with Crippen LogP contribution in [-0.2, 0) is 11.3 Å². The molecular formula is C19H17FN6O2S. The normalized spacial score (nSPS) is 10.4. The highest BCUT2D eigenvalue weighted by Crippen LogP contribution is 2.23. The minimum atomic E-state index is -0.740. The van der Waals surface area contributed by atoms with Gasteiger partial charge in [-0.25, -0.2) is 4.39 Å². The van der Waals surface area contributed by atoms with Crippen LogP contribution in [0.5, 0.6) is 0 Å². The van der Waals surface area contributed by atoms with Crippen LogP contribution in [0.15, 0.2) is 66.6 Å². The first-order valence-electron chi connectivity index (χ1n) is 8.51. The standard InChI is InChI=1S/C19H17FN6O2S/c1-2-11-26-17(13-7-9-21-10-8-13)23-25-19(26)29-12-16(27)22-24-18(28)14-5-3-4-6-15(14)20/h2-10H,1,11-12H2,(H,22,27)(H,24,28). The number of hydrazine groups is 1. The first-order valence-corrected chi connectivity index (χ1v) is 9.49. The van der Waals surface area contributed by atoms with E-state index >= 15 is 0 Å². The van der Waals surface area contributed by atoms with E-state index in [0.717, 1.165) is 17.3 Å². The van der Waals surface area contributed by atoms with Gasteiger partial charge in [-0.1, -0.05) is 30.0 Å². The Hall–Kier alpha value is -3.53. The average molecular weight is 412 g/mol. The molecule has 2 amide bonds. The molecule has 8 nitrogen and oxygen atoms in total. The molecule has 0 unspecified atom stereocenters. The van der Waals surface area contributed by atoms with Crippen LogP contribution in [0.3, 0.4) is 0 Å². The summed E-state index contributed by atoms with van der Waals surface area (Å²) in [7, 11) is 0. The second-order valence-electron chi connectivity index (χ2n) is 5.71. The zero-order valence-corrected chi connectivity index (χ0v) is 16.0. The number of thioether (sulfide) groups is 1. The highest BCUT2D eigenvalue weighted by Gasteiger charge is 2.16. The molecule has 10 heteroatoms. The van der Waals surface area contributed by atoms with E-state index in [1.165, 1.54) is 24.3 Å². The maximum Gasteiger partial charge on any atom is 0.272 e. The third kappa shape index (κ3) is 5.05. The molecule has 148 valence electrons. The van der Waals surface area contributed by atoms with Crippen LogP contribution in [0.25, 0.3) is 11.4 Å². The van der Waals surface area contributed by atoms with Crippen LogP contribution in [-0.4, -0.2) is 37.3 Å². The molecule has 29 heavy (non-hydrogen) atoms. The maximum absolute atomic E-state index is 13.6.